The van der Waals surface area contributed by atoms with Crippen molar-refractivity contribution in [1.29, 1.82) is 0 Å². The molecule has 0 radical (unpaired) electrons. The first-order valence-electron chi connectivity index (χ1n) is 7.62. The maximum atomic E-state index is 11.2. The lowest BCUT2D eigenvalue weighted by atomic mass is 10.2. The number of nitrogens with zero attached hydrogens (tertiary/aromatic N) is 4. The van der Waals surface area contributed by atoms with Crippen molar-refractivity contribution in [3.05, 3.63) is 75.8 Å². The highest BCUT2D eigenvalue weighted by Gasteiger charge is 2.29. The fourth-order valence-electron chi connectivity index (χ4n) is 2.60. The number of hydrazone groups is 1. The maximum Gasteiger partial charge on any atom is 0.378 e. The van der Waals surface area contributed by atoms with Gasteiger partial charge in [-0.3, -0.25) is 4.90 Å². The zero-order valence-corrected chi connectivity index (χ0v) is 13.3. The van der Waals surface area contributed by atoms with Gasteiger partial charge in [0.1, 0.15) is 13.2 Å². The Hall–Kier alpha value is -3.26. The maximum absolute atomic E-state index is 11.2. The molecule has 2 aromatic carbocycles. The summed E-state index contributed by atoms with van der Waals surface area (Å²) in [5.74, 6) is -1.17. The summed E-state index contributed by atoms with van der Waals surface area (Å²) in [6, 6.07) is 15.8. The predicted octanol–water partition coefficient (Wildman–Crippen LogP) is 2.25. The number of hydrogen-bond donors (Lipinski definition) is 1. The molecule has 2 aromatic rings. The van der Waals surface area contributed by atoms with Gasteiger partial charge < -0.3 is 15.2 Å². The summed E-state index contributed by atoms with van der Waals surface area (Å²) in [4.78, 5) is 23.6. The monoisotopic (exact) mass is 340 g/mol. The Balaban J connectivity index is 1.83. The van der Waals surface area contributed by atoms with E-state index < -0.39 is 10.9 Å². The number of carboxylic acid groups (broad SMARTS) is 1. The van der Waals surface area contributed by atoms with Crippen LogP contribution < -0.4 is 5.01 Å². The van der Waals surface area contributed by atoms with Crippen LogP contribution in [0, 0.1) is 10.1 Å². The van der Waals surface area contributed by atoms with Gasteiger partial charge in [-0.05, 0) is 34.8 Å². The SMILES string of the molecule is O=C(O)c1ccc(N2CN(Cc3ccccc3)CC([N+](=O)[O-])=N2)cc1. The van der Waals surface area contributed by atoms with Crippen molar-refractivity contribution in [2.45, 2.75) is 6.54 Å². The summed E-state index contributed by atoms with van der Waals surface area (Å²) in [6.45, 7) is 1.07. The second-order valence-electron chi connectivity index (χ2n) is 5.64. The normalized spacial score (nSPS) is 14.9. The van der Waals surface area contributed by atoms with Crippen LogP contribution in [0.2, 0.25) is 0 Å². The van der Waals surface area contributed by atoms with Gasteiger partial charge in [0.25, 0.3) is 0 Å². The molecule has 1 aliphatic heterocycles. The van der Waals surface area contributed by atoms with E-state index in [0.29, 0.717) is 18.9 Å². The molecule has 8 nitrogen and oxygen atoms in total. The Labute approximate surface area is 143 Å². The first-order valence-corrected chi connectivity index (χ1v) is 7.62. The molecule has 1 aliphatic rings. The van der Waals surface area contributed by atoms with Gasteiger partial charge in [-0.25, -0.2) is 4.79 Å². The fourth-order valence-corrected chi connectivity index (χ4v) is 2.60. The van der Waals surface area contributed by atoms with Crippen LogP contribution in [0.3, 0.4) is 0 Å². The van der Waals surface area contributed by atoms with Crippen molar-refractivity contribution < 1.29 is 14.8 Å². The first kappa shape index (κ1) is 16.6. The number of nitro groups is 1. The summed E-state index contributed by atoms with van der Waals surface area (Å²) < 4.78 is 0. The Morgan fingerprint density at radius 2 is 1.84 bits per heavy atom. The lowest BCUT2D eigenvalue weighted by Gasteiger charge is -2.28. The minimum Gasteiger partial charge on any atom is -0.478 e. The number of anilines is 1. The Morgan fingerprint density at radius 3 is 2.44 bits per heavy atom. The zero-order chi connectivity index (χ0) is 17.8. The van der Waals surface area contributed by atoms with E-state index in [2.05, 4.69) is 5.10 Å². The second kappa shape index (κ2) is 7.10. The Morgan fingerprint density at radius 1 is 1.16 bits per heavy atom. The Kier molecular flexibility index (Phi) is 4.71. The molecule has 0 aromatic heterocycles. The largest absolute Gasteiger partial charge is 0.478 e. The minimum absolute atomic E-state index is 0.144. The third-order valence-corrected chi connectivity index (χ3v) is 3.81. The summed E-state index contributed by atoms with van der Waals surface area (Å²) in [7, 11) is 0. The van der Waals surface area contributed by atoms with Crippen LogP contribution in [0.5, 0.6) is 0 Å². The van der Waals surface area contributed by atoms with E-state index in [1.807, 2.05) is 35.2 Å². The molecule has 0 atom stereocenters. The molecule has 0 unspecified atom stereocenters. The molecule has 0 fully saturated rings. The van der Waals surface area contributed by atoms with E-state index in [0.717, 1.165) is 5.56 Å². The quantitative estimate of drug-likeness (QED) is 0.677. The Bertz CT molecular complexity index is 805. The third kappa shape index (κ3) is 3.99. The van der Waals surface area contributed by atoms with Gasteiger partial charge in [-0.2, -0.15) is 5.01 Å². The first-order chi connectivity index (χ1) is 12.0. The van der Waals surface area contributed by atoms with Crippen LogP contribution in [-0.2, 0) is 6.54 Å². The van der Waals surface area contributed by atoms with E-state index in [9.17, 15) is 14.9 Å². The number of aromatic carboxylic acids is 1. The van der Waals surface area contributed by atoms with Gasteiger partial charge in [0.15, 0.2) is 0 Å². The smallest absolute Gasteiger partial charge is 0.378 e. The molecule has 3 rings (SSSR count). The molecule has 0 amide bonds. The summed E-state index contributed by atoms with van der Waals surface area (Å²) in [5.41, 5.74) is 1.80. The van der Waals surface area contributed by atoms with E-state index in [1.165, 1.54) is 17.1 Å². The van der Waals surface area contributed by atoms with Gasteiger partial charge in [-0.1, -0.05) is 30.3 Å². The number of rotatable bonds is 4. The van der Waals surface area contributed by atoms with Crippen molar-refractivity contribution in [1.82, 2.24) is 4.90 Å². The number of carboxylic acids is 1. The van der Waals surface area contributed by atoms with Crippen LogP contribution in [0.25, 0.3) is 0 Å². The average Bonchev–Trinajstić information content (AvgIpc) is 2.62. The van der Waals surface area contributed by atoms with Crippen LogP contribution in [-0.4, -0.2) is 39.9 Å². The number of benzene rings is 2. The van der Waals surface area contributed by atoms with Crippen molar-refractivity contribution >= 4 is 17.5 Å². The molecule has 0 saturated heterocycles. The van der Waals surface area contributed by atoms with E-state index in [4.69, 9.17) is 5.11 Å². The van der Waals surface area contributed by atoms with Crippen LogP contribution in [0.1, 0.15) is 15.9 Å². The van der Waals surface area contributed by atoms with Gasteiger partial charge in [0.05, 0.1) is 16.4 Å². The number of hydrogen-bond acceptors (Lipinski definition) is 6. The number of carbonyl (C=O) groups is 1. The molecule has 1 heterocycles. The third-order valence-electron chi connectivity index (χ3n) is 3.81. The van der Waals surface area contributed by atoms with Crippen molar-refractivity contribution in [3.63, 3.8) is 0 Å². The van der Waals surface area contributed by atoms with Gasteiger partial charge in [0, 0.05) is 6.54 Å². The lowest BCUT2D eigenvalue weighted by Crippen LogP contribution is -2.45. The molecule has 8 heteroatoms. The van der Waals surface area contributed by atoms with Crippen LogP contribution in [0.15, 0.2) is 59.7 Å². The minimum atomic E-state index is -1.02. The predicted molar refractivity (Wildman–Crippen MR) is 92.0 cm³/mol. The molecule has 0 saturated carbocycles. The molecular formula is C17H16N4O4. The molecule has 0 spiro atoms. The molecule has 128 valence electrons. The van der Waals surface area contributed by atoms with Crippen LogP contribution in [0.4, 0.5) is 5.69 Å². The molecular weight excluding hydrogens is 324 g/mol. The molecule has 25 heavy (non-hydrogen) atoms. The molecule has 0 bridgehead atoms. The topological polar surface area (TPSA) is 99.3 Å². The van der Waals surface area contributed by atoms with Gasteiger partial charge in [0.2, 0.25) is 0 Å². The summed E-state index contributed by atoms with van der Waals surface area (Å²) >= 11 is 0. The van der Waals surface area contributed by atoms with Crippen molar-refractivity contribution in [2.24, 2.45) is 5.10 Å². The average molecular weight is 340 g/mol. The van der Waals surface area contributed by atoms with Crippen LogP contribution >= 0.6 is 0 Å². The van der Waals surface area contributed by atoms with Gasteiger partial charge in [-0.15, -0.1) is 0 Å². The van der Waals surface area contributed by atoms with Crippen molar-refractivity contribution in [2.75, 3.05) is 18.2 Å². The highest BCUT2D eigenvalue weighted by molar-refractivity contribution is 5.88. The number of amidine groups is 1. The van der Waals surface area contributed by atoms with Gasteiger partial charge >= 0.3 is 11.8 Å². The zero-order valence-electron chi connectivity index (χ0n) is 13.3. The fraction of sp³-hybridized carbons (Fsp3) is 0.176. The second-order valence-corrected chi connectivity index (χ2v) is 5.64. The van der Waals surface area contributed by atoms with E-state index in [1.54, 1.807) is 12.1 Å². The summed E-state index contributed by atoms with van der Waals surface area (Å²) in [5, 5.41) is 25.8. The lowest BCUT2D eigenvalue weighted by molar-refractivity contribution is -0.354. The highest BCUT2D eigenvalue weighted by Crippen LogP contribution is 2.20. The standard InChI is InChI=1S/C17H16N4O4/c22-17(23)14-6-8-15(9-7-14)20-12-19(11-16(18-20)21(24)25)10-13-4-2-1-3-5-13/h1-9H,10-12H2,(H,22,23). The van der Waals surface area contributed by atoms with Crippen molar-refractivity contribution in [3.8, 4) is 0 Å². The van der Waals surface area contributed by atoms with E-state index in [-0.39, 0.29) is 17.9 Å². The molecule has 1 N–H and O–H groups in total. The molecule has 0 aliphatic carbocycles. The van der Waals surface area contributed by atoms with E-state index >= 15 is 0 Å². The summed E-state index contributed by atoms with van der Waals surface area (Å²) in [6.07, 6.45) is 0. The highest BCUT2D eigenvalue weighted by atomic mass is 16.6.